The van der Waals surface area contributed by atoms with Gasteiger partial charge in [0.15, 0.2) is 0 Å². The second kappa shape index (κ2) is 6.71. The van der Waals surface area contributed by atoms with Crippen LogP contribution in [-0.4, -0.2) is 18.1 Å². The van der Waals surface area contributed by atoms with E-state index in [1.165, 1.54) is 11.1 Å². The van der Waals surface area contributed by atoms with E-state index in [0.29, 0.717) is 6.61 Å². The summed E-state index contributed by atoms with van der Waals surface area (Å²) < 4.78 is 5.29. The van der Waals surface area contributed by atoms with Crippen molar-refractivity contribution in [1.82, 2.24) is 5.32 Å². The first-order valence-corrected chi connectivity index (χ1v) is 6.78. The van der Waals surface area contributed by atoms with Gasteiger partial charge in [0.25, 0.3) is 0 Å². The fourth-order valence-electron chi connectivity index (χ4n) is 1.61. The lowest BCUT2D eigenvalue weighted by atomic mass is 10.0. The summed E-state index contributed by atoms with van der Waals surface area (Å²) >= 11 is 0. The molecule has 0 radical (unpaired) electrons. The van der Waals surface area contributed by atoms with Gasteiger partial charge < -0.3 is 10.1 Å². The smallest absolute Gasteiger partial charge is 0.308 e. The molecule has 0 saturated carbocycles. The van der Waals surface area contributed by atoms with Crippen LogP contribution in [0, 0.1) is 12.8 Å². The number of benzene rings is 1. The van der Waals surface area contributed by atoms with Gasteiger partial charge in [-0.25, -0.2) is 0 Å². The number of nitrogens with one attached hydrogen (secondary N) is 1. The molecular formula is C16H25NO2. The molecule has 1 aromatic rings. The minimum atomic E-state index is -0.229. The van der Waals surface area contributed by atoms with E-state index < -0.39 is 0 Å². The summed E-state index contributed by atoms with van der Waals surface area (Å²) in [6.45, 7) is 11.0. The standard InChI is InChI=1S/C16H25NO2/c1-12(2)15(18)19-11-16(4,5)17-10-14-9-7-6-8-13(14)3/h6-9,12,17H,10-11H2,1-5H3. The van der Waals surface area contributed by atoms with Crippen molar-refractivity contribution < 1.29 is 9.53 Å². The maximum Gasteiger partial charge on any atom is 0.308 e. The predicted molar refractivity (Wildman–Crippen MR) is 77.9 cm³/mol. The normalized spacial score (nSPS) is 11.7. The third-order valence-corrected chi connectivity index (χ3v) is 3.07. The van der Waals surface area contributed by atoms with Crippen molar-refractivity contribution in [2.45, 2.75) is 46.7 Å². The molecule has 0 spiro atoms. The number of hydrogen-bond acceptors (Lipinski definition) is 3. The summed E-state index contributed by atoms with van der Waals surface area (Å²) in [4.78, 5) is 11.5. The first kappa shape index (κ1) is 15.7. The van der Waals surface area contributed by atoms with Gasteiger partial charge in [-0.05, 0) is 31.9 Å². The molecule has 0 aliphatic carbocycles. The van der Waals surface area contributed by atoms with Crippen molar-refractivity contribution >= 4 is 5.97 Å². The Morgan fingerprint density at radius 1 is 1.32 bits per heavy atom. The van der Waals surface area contributed by atoms with E-state index >= 15 is 0 Å². The highest BCUT2D eigenvalue weighted by Crippen LogP contribution is 2.10. The van der Waals surface area contributed by atoms with E-state index in [0.717, 1.165) is 6.54 Å². The second-order valence-corrected chi connectivity index (χ2v) is 5.93. The van der Waals surface area contributed by atoms with Crippen molar-refractivity contribution in [3.63, 3.8) is 0 Å². The SMILES string of the molecule is Cc1ccccc1CNC(C)(C)COC(=O)C(C)C. The van der Waals surface area contributed by atoms with Gasteiger partial charge in [0.1, 0.15) is 6.61 Å². The number of rotatable bonds is 6. The lowest BCUT2D eigenvalue weighted by Gasteiger charge is -2.26. The van der Waals surface area contributed by atoms with E-state index in [4.69, 9.17) is 4.74 Å². The van der Waals surface area contributed by atoms with Crippen LogP contribution in [0.15, 0.2) is 24.3 Å². The molecule has 1 rings (SSSR count). The van der Waals surface area contributed by atoms with Crippen molar-refractivity contribution in [1.29, 1.82) is 0 Å². The molecule has 0 unspecified atom stereocenters. The van der Waals surface area contributed by atoms with Crippen LogP contribution in [0.2, 0.25) is 0 Å². The number of ether oxygens (including phenoxy) is 1. The number of hydrogen-bond donors (Lipinski definition) is 1. The molecule has 19 heavy (non-hydrogen) atoms. The molecule has 3 heteroatoms. The largest absolute Gasteiger partial charge is 0.464 e. The molecule has 0 aliphatic rings. The number of carbonyl (C=O) groups excluding carboxylic acids is 1. The molecule has 1 N–H and O–H groups in total. The third-order valence-electron chi connectivity index (χ3n) is 3.07. The third kappa shape index (κ3) is 5.43. The van der Waals surface area contributed by atoms with Crippen LogP contribution in [0.25, 0.3) is 0 Å². The maximum atomic E-state index is 11.5. The van der Waals surface area contributed by atoms with E-state index in [2.05, 4.69) is 24.4 Å². The van der Waals surface area contributed by atoms with Crippen LogP contribution in [0.4, 0.5) is 0 Å². The zero-order valence-corrected chi connectivity index (χ0v) is 12.6. The first-order chi connectivity index (χ1) is 8.82. The van der Waals surface area contributed by atoms with Gasteiger partial charge in [0.05, 0.1) is 5.92 Å². The molecule has 0 heterocycles. The van der Waals surface area contributed by atoms with Crippen molar-refractivity contribution in [2.24, 2.45) is 5.92 Å². The first-order valence-electron chi connectivity index (χ1n) is 6.78. The molecule has 106 valence electrons. The van der Waals surface area contributed by atoms with Crippen molar-refractivity contribution in [3.8, 4) is 0 Å². The van der Waals surface area contributed by atoms with Crippen LogP contribution >= 0.6 is 0 Å². The number of aryl methyl sites for hydroxylation is 1. The van der Waals surface area contributed by atoms with Gasteiger partial charge in [-0.15, -0.1) is 0 Å². The van der Waals surface area contributed by atoms with Gasteiger partial charge in [0.2, 0.25) is 0 Å². The quantitative estimate of drug-likeness (QED) is 0.802. The summed E-state index contributed by atoms with van der Waals surface area (Å²) in [6, 6.07) is 8.28. The Bertz CT molecular complexity index is 425. The van der Waals surface area contributed by atoms with E-state index in [1.807, 2.05) is 39.8 Å². The molecule has 0 fully saturated rings. The summed E-state index contributed by atoms with van der Waals surface area (Å²) in [6.07, 6.45) is 0. The topological polar surface area (TPSA) is 38.3 Å². The van der Waals surface area contributed by atoms with E-state index in [-0.39, 0.29) is 17.4 Å². The van der Waals surface area contributed by atoms with Crippen LogP contribution in [0.1, 0.15) is 38.8 Å². The van der Waals surface area contributed by atoms with Gasteiger partial charge >= 0.3 is 5.97 Å². The molecule has 3 nitrogen and oxygen atoms in total. The van der Waals surface area contributed by atoms with Crippen LogP contribution in [0.5, 0.6) is 0 Å². The maximum absolute atomic E-state index is 11.5. The summed E-state index contributed by atoms with van der Waals surface area (Å²) in [5, 5.41) is 3.43. The van der Waals surface area contributed by atoms with E-state index in [9.17, 15) is 4.79 Å². The molecule has 1 aromatic carbocycles. The Labute approximate surface area is 116 Å². The lowest BCUT2D eigenvalue weighted by Crippen LogP contribution is -2.44. The highest BCUT2D eigenvalue weighted by atomic mass is 16.5. The summed E-state index contributed by atoms with van der Waals surface area (Å²) in [5.41, 5.74) is 2.31. The fraction of sp³-hybridized carbons (Fsp3) is 0.562. The summed E-state index contributed by atoms with van der Waals surface area (Å²) in [7, 11) is 0. The zero-order valence-electron chi connectivity index (χ0n) is 12.6. The molecule has 0 atom stereocenters. The monoisotopic (exact) mass is 263 g/mol. The van der Waals surface area contributed by atoms with Gasteiger partial charge in [-0.3, -0.25) is 4.79 Å². The molecule has 0 aliphatic heterocycles. The highest BCUT2D eigenvalue weighted by Gasteiger charge is 2.20. The zero-order chi connectivity index (χ0) is 14.5. The molecule has 0 aromatic heterocycles. The molecule has 0 amide bonds. The van der Waals surface area contributed by atoms with Gasteiger partial charge in [-0.1, -0.05) is 38.1 Å². The lowest BCUT2D eigenvalue weighted by molar-refractivity contribution is -0.149. The average molecular weight is 263 g/mol. The minimum absolute atomic E-state index is 0.0767. The Kier molecular flexibility index (Phi) is 5.55. The van der Waals surface area contributed by atoms with Crippen molar-refractivity contribution in [2.75, 3.05) is 6.61 Å². The number of esters is 1. The van der Waals surface area contributed by atoms with Crippen molar-refractivity contribution in [3.05, 3.63) is 35.4 Å². The Morgan fingerprint density at radius 2 is 1.95 bits per heavy atom. The van der Waals surface area contributed by atoms with Gasteiger partial charge in [0, 0.05) is 12.1 Å². The average Bonchev–Trinajstić information content (AvgIpc) is 2.35. The van der Waals surface area contributed by atoms with E-state index in [1.54, 1.807) is 0 Å². The highest BCUT2D eigenvalue weighted by molar-refractivity contribution is 5.71. The second-order valence-electron chi connectivity index (χ2n) is 5.93. The predicted octanol–water partition coefficient (Wildman–Crippen LogP) is 3.06. The van der Waals surface area contributed by atoms with Crippen LogP contribution in [0.3, 0.4) is 0 Å². The summed E-state index contributed by atoms with van der Waals surface area (Å²) in [5.74, 6) is -0.224. The Balaban J connectivity index is 2.47. The molecular weight excluding hydrogens is 238 g/mol. The Hall–Kier alpha value is -1.35. The van der Waals surface area contributed by atoms with Crippen LogP contribution < -0.4 is 5.32 Å². The molecule has 0 saturated heterocycles. The fourth-order valence-corrected chi connectivity index (χ4v) is 1.61. The van der Waals surface area contributed by atoms with Crippen LogP contribution in [-0.2, 0) is 16.1 Å². The Morgan fingerprint density at radius 3 is 2.53 bits per heavy atom. The molecule has 0 bridgehead atoms. The number of carbonyl (C=O) groups is 1. The minimum Gasteiger partial charge on any atom is -0.464 e. The van der Waals surface area contributed by atoms with Gasteiger partial charge in [-0.2, -0.15) is 0 Å².